The van der Waals surface area contributed by atoms with Gasteiger partial charge in [-0.2, -0.15) is 0 Å². The summed E-state index contributed by atoms with van der Waals surface area (Å²) < 4.78 is 21.1. The molecule has 1 fully saturated rings. The lowest BCUT2D eigenvalue weighted by molar-refractivity contribution is 0.356. The molecular formula is C28H33FN6O. The second-order valence-corrected chi connectivity index (χ2v) is 8.93. The van der Waals surface area contributed by atoms with Crippen LogP contribution in [0.25, 0.3) is 16.6 Å². The molecule has 3 heterocycles. The van der Waals surface area contributed by atoms with Crippen LogP contribution < -0.4 is 15.0 Å². The zero-order chi connectivity index (χ0) is 25.8. The molecule has 1 unspecified atom stereocenters. The van der Waals surface area contributed by atoms with E-state index in [1.165, 1.54) is 13.3 Å². The molecular weight excluding hydrogens is 455 g/mol. The third-order valence-corrected chi connectivity index (χ3v) is 6.79. The van der Waals surface area contributed by atoms with Gasteiger partial charge in [-0.3, -0.25) is 4.98 Å². The van der Waals surface area contributed by atoms with Crippen LogP contribution in [-0.2, 0) is 6.42 Å². The fourth-order valence-electron chi connectivity index (χ4n) is 4.56. The summed E-state index contributed by atoms with van der Waals surface area (Å²) in [5.41, 5.74) is 5.35. The minimum Gasteiger partial charge on any atom is -0.494 e. The van der Waals surface area contributed by atoms with E-state index in [4.69, 9.17) is 15.1 Å². The Hall–Kier alpha value is -3.94. The molecule has 1 aliphatic heterocycles. The molecule has 36 heavy (non-hydrogen) atoms. The van der Waals surface area contributed by atoms with Gasteiger partial charge in [0.15, 0.2) is 11.6 Å². The zero-order valence-electron chi connectivity index (χ0n) is 21.3. The molecule has 3 aromatic rings. The Kier molecular flexibility index (Phi) is 7.52. The number of likely N-dealkylation sites (N-methyl/N-ethyl adjacent to an activating group) is 1. The van der Waals surface area contributed by atoms with E-state index in [0.29, 0.717) is 29.1 Å². The van der Waals surface area contributed by atoms with Crippen molar-refractivity contribution in [3.05, 3.63) is 71.9 Å². The first kappa shape index (κ1) is 25.2. The lowest BCUT2D eigenvalue weighted by Crippen LogP contribution is -2.36. The summed E-state index contributed by atoms with van der Waals surface area (Å²) in [6.07, 6.45) is 7.35. The van der Waals surface area contributed by atoms with Gasteiger partial charge in [0, 0.05) is 62.1 Å². The number of hydrogen-bond acceptors (Lipinski definition) is 7. The molecule has 0 spiro atoms. The van der Waals surface area contributed by atoms with Crippen LogP contribution in [0.5, 0.6) is 5.75 Å². The lowest BCUT2D eigenvalue weighted by Gasteiger charge is -2.32. The first-order valence-electron chi connectivity index (χ1n) is 12.1. The maximum atomic E-state index is 15.7. The van der Waals surface area contributed by atoms with Gasteiger partial charge in [-0.1, -0.05) is 13.5 Å². The highest BCUT2D eigenvalue weighted by atomic mass is 19.1. The Labute approximate surface area is 211 Å². The summed E-state index contributed by atoms with van der Waals surface area (Å²) in [6, 6.07) is 9.47. The van der Waals surface area contributed by atoms with E-state index >= 15 is 4.39 Å². The molecule has 1 aromatic carbocycles. The highest BCUT2D eigenvalue weighted by molar-refractivity contribution is 6.08. The van der Waals surface area contributed by atoms with Crippen LogP contribution in [-0.4, -0.2) is 54.9 Å². The van der Waals surface area contributed by atoms with Gasteiger partial charge in [0.2, 0.25) is 0 Å². The van der Waals surface area contributed by atoms with Gasteiger partial charge < -0.3 is 25.3 Å². The lowest BCUT2D eigenvalue weighted by atomic mass is 10.1. The number of pyridine rings is 2. The van der Waals surface area contributed by atoms with E-state index in [-0.39, 0.29) is 11.8 Å². The number of hydrogen-bond donors (Lipinski definition) is 2. The van der Waals surface area contributed by atoms with Gasteiger partial charge in [0.1, 0.15) is 5.82 Å². The molecule has 0 radical (unpaired) electrons. The molecule has 0 bridgehead atoms. The van der Waals surface area contributed by atoms with Crippen molar-refractivity contribution >= 4 is 34.3 Å². The number of halogens is 1. The SMILES string of the molecule is C=C1CCC(CN(c2ccc3ncc(/C(C=N)=C/NC)cc3n2)c2cc(CC)cc(OC)c2F)N1C. The number of anilines is 2. The summed E-state index contributed by atoms with van der Waals surface area (Å²) in [7, 11) is 5.31. The highest BCUT2D eigenvalue weighted by Crippen LogP contribution is 2.36. The number of methoxy groups -OCH3 is 1. The smallest absolute Gasteiger partial charge is 0.188 e. The summed E-state index contributed by atoms with van der Waals surface area (Å²) >= 11 is 0. The van der Waals surface area contributed by atoms with E-state index < -0.39 is 5.82 Å². The van der Waals surface area contributed by atoms with Crippen LogP contribution in [0.2, 0.25) is 0 Å². The van der Waals surface area contributed by atoms with Crippen molar-refractivity contribution in [2.75, 3.05) is 32.6 Å². The Morgan fingerprint density at radius 3 is 2.78 bits per heavy atom. The number of aromatic nitrogens is 2. The first-order valence-corrected chi connectivity index (χ1v) is 12.1. The number of benzene rings is 1. The molecule has 8 heteroatoms. The maximum Gasteiger partial charge on any atom is 0.188 e. The summed E-state index contributed by atoms with van der Waals surface area (Å²) in [4.78, 5) is 13.6. The predicted octanol–water partition coefficient (Wildman–Crippen LogP) is 5.30. The van der Waals surface area contributed by atoms with Crippen LogP contribution in [0.1, 0.15) is 30.9 Å². The maximum absolute atomic E-state index is 15.7. The quantitative estimate of drug-likeness (QED) is 0.398. The standard InChI is InChI=1S/C28H33FN6O/c1-6-19-11-25(28(29)26(12-19)36-5)35(17-22-8-7-18(2)34(22)4)27-10-9-23-24(33-27)13-20(16-32-23)21(14-30)15-31-3/h9-16,22,30-31H,2,6-8,17H2,1,3-5H3/b21-15+,30-14?. The molecule has 188 valence electrons. The molecule has 1 aliphatic rings. The van der Waals surface area contributed by atoms with Crippen LogP contribution in [0, 0.1) is 11.2 Å². The fraction of sp³-hybridized carbons (Fsp3) is 0.321. The van der Waals surface area contributed by atoms with Gasteiger partial charge in [-0.25, -0.2) is 9.37 Å². The second-order valence-electron chi connectivity index (χ2n) is 8.93. The monoisotopic (exact) mass is 488 g/mol. The fourth-order valence-corrected chi connectivity index (χ4v) is 4.56. The average Bonchev–Trinajstić information content (AvgIpc) is 3.22. The van der Waals surface area contributed by atoms with Crippen molar-refractivity contribution in [1.29, 1.82) is 5.41 Å². The van der Waals surface area contributed by atoms with Gasteiger partial charge >= 0.3 is 0 Å². The number of allylic oxidation sites excluding steroid dienone is 2. The Balaban J connectivity index is 1.86. The largest absolute Gasteiger partial charge is 0.494 e. The van der Waals surface area contributed by atoms with Crippen LogP contribution >= 0.6 is 0 Å². The topological polar surface area (TPSA) is 77.4 Å². The minimum absolute atomic E-state index is 0.165. The third kappa shape index (κ3) is 4.89. The van der Waals surface area contributed by atoms with Crippen molar-refractivity contribution in [3.63, 3.8) is 0 Å². The van der Waals surface area contributed by atoms with Crippen molar-refractivity contribution in [2.24, 2.45) is 0 Å². The van der Waals surface area contributed by atoms with Crippen LogP contribution in [0.4, 0.5) is 15.9 Å². The molecule has 7 nitrogen and oxygen atoms in total. The number of likely N-dealkylation sites (tertiary alicyclic amines) is 1. The first-order chi connectivity index (χ1) is 17.4. The molecule has 0 amide bonds. The third-order valence-electron chi connectivity index (χ3n) is 6.79. The summed E-state index contributed by atoms with van der Waals surface area (Å²) in [5, 5.41) is 10.7. The molecule has 1 atom stereocenters. The van der Waals surface area contributed by atoms with E-state index in [1.807, 2.05) is 43.1 Å². The summed E-state index contributed by atoms with van der Waals surface area (Å²) in [6.45, 7) is 6.74. The average molecular weight is 489 g/mol. The van der Waals surface area contributed by atoms with Crippen LogP contribution in [0.3, 0.4) is 0 Å². The number of ether oxygens (including phenoxy) is 1. The molecule has 2 N–H and O–H groups in total. The normalized spacial score (nSPS) is 15.9. The highest BCUT2D eigenvalue weighted by Gasteiger charge is 2.29. The van der Waals surface area contributed by atoms with Gasteiger partial charge in [-0.15, -0.1) is 0 Å². The number of aryl methyl sites for hydroxylation is 1. The number of nitrogens with zero attached hydrogens (tertiary/aromatic N) is 4. The number of fused-ring (bicyclic) bond motifs is 1. The minimum atomic E-state index is -0.411. The molecule has 2 aromatic heterocycles. The van der Waals surface area contributed by atoms with Crippen molar-refractivity contribution in [2.45, 2.75) is 32.2 Å². The van der Waals surface area contributed by atoms with E-state index in [1.54, 1.807) is 25.5 Å². The molecule has 4 rings (SSSR count). The van der Waals surface area contributed by atoms with E-state index in [0.717, 1.165) is 41.6 Å². The molecule has 0 aliphatic carbocycles. The van der Waals surface area contributed by atoms with Gasteiger partial charge in [0.05, 0.1) is 23.8 Å². The summed E-state index contributed by atoms with van der Waals surface area (Å²) in [5.74, 6) is 0.428. The Morgan fingerprint density at radius 1 is 1.33 bits per heavy atom. The van der Waals surface area contributed by atoms with Gasteiger partial charge in [-0.05, 0) is 55.2 Å². The van der Waals surface area contributed by atoms with Crippen LogP contribution in [0.15, 0.2) is 55.0 Å². The second kappa shape index (κ2) is 10.8. The Bertz CT molecular complexity index is 1320. The molecule has 1 saturated heterocycles. The van der Waals surface area contributed by atoms with Crippen molar-refractivity contribution in [3.8, 4) is 5.75 Å². The number of rotatable bonds is 9. The molecule has 0 saturated carbocycles. The zero-order valence-corrected chi connectivity index (χ0v) is 21.3. The number of nitrogens with one attached hydrogen (secondary N) is 2. The predicted molar refractivity (Wildman–Crippen MR) is 145 cm³/mol. The Morgan fingerprint density at radius 2 is 2.14 bits per heavy atom. The van der Waals surface area contributed by atoms with E-state index in [9.17, 15) is 0 Å². The van der Waals surface area contributed by atoms with E-state index in [2.05, 4.69) is 21.8 Å². The van der Waals surface area contributed by atoms with Gasteiger partial charge in [0.25, 0.3) is 0 Å². The van der Waals surface area contributed by atoms with Crippen molar-refractivity contribution < 1.29 is 9.13 Å². The van der Waals surface area contributed by atoms with Crippen molar-refractivity contribution in [1.82, 2.24) is 20.2 Å².